The highest BCUT2D eigenvalue weighted by molar-refractivity contribution is 7.07. The Bertz CT molecular complexity index is 1530. The fourth-order valence-corrected chi connectivity index (χ4v) is 5.21. The standard InChI is InChI=1S/C28H28N2O6S/c1-5-34-21-11-9-8-10-20(21)24-23(27(33)36-7-3)17(4)29-28-30(24)25(31)22(37-28)16-18-12-14-19(15-13-18)26(32)35-6-2/h8-16,24H,5-7H2,1-4H3/b22-16-/t24-/m0/s1. The van der Waals surface area contributed by atoms with Gasteiger partial charge >= 0.3 is 11.9 Å². The lowest BCUT2D eigenvalue weighted by molar-refractivity contribution is -0.139. The van der Waals surface area contributed by atoms with Gasteiger partial charge in [0.15, 0.2) is 4.80 Å². The molecule has 0 radical (unpaired) electrons. The summed E-state index contributed by atoms with van der Waals surface area (Å²) in [6.07, 6.45) is 1.74. The van der Waals surface area contributed by atoms with E-state index >= 15 is 0 Å². The van der Waals surface area contributed by atoms with Gasteiger partial charge in [-0.25, -0.2) is 14.6 Å². The van der Waals surface area contributed by atoms with Crippen molar-refractivity contribution < 1.29 is 23.8 Å². The number of rotatable bonds is 8. The van der Waals surface area contributed by atoms with Crippen molar-refractivity contribution in [2.24, 2.45) is 4.99 Å². The Kier molecular flexibility index (Phi) is 8.03. The van der Waals surface area contributed by atoms with E-state index in [0.29, 0.717) is 50.7 Å². The molecular weight excluding hydrogens is 492 g/mol. The van der Waals surface area contributed by atoms with Gasteiger partial charge in [0, 0.05) is 5.56 Å². The second-order valence-electron chi connectivity index (χ2n) is 8.12. The number of fused-ring (bicyclic) bond motifs is 1. The van der Waals surface area contributed by atoms with Gasteiger partial charge in [-0.3, -0.25) is 9.36 Å². The van der Waals surface area contributed by atoms with Crippen LogP contribution in [0.25, 0.3) is 6.08 Å². The maximum atomic E-state index is 13.8. The molecule has 0 saturated carbocycles. The lowest BCUT2D eigenvalue weighted by atomic mass is 9.95. The third kappa shape index (κ3) is 5.27. The van der Waals surface area contributed by atoms with E-state index < -0.39 is 18.0 Å². The Morgan fingerprint density at radius 3 is 2.32 bits per heavy atom. The van der Waals surface area contributed by atoms with E-state index in [-0.39, 0.29) is 12.2 Å². The molecule has 37 heavy (non-hydrogen) atoms. The number of ether oxygens (including phenoxy) is 3. The predicted octanol–water partition coefficient (Wildman–Crippen LogP) is 3.37. The van der Waals surface area contributed by atoms with Crippen molar-refractivity contribution in [2.75, 3.05) is 19.8 Å². The molecule has 1 atom stereocenters. The minimum atomic E-state index is -0.758. The monoisotopic (exact) mass is 520 g/mol. The van der Waals surface area contributed by atoms with Crippen molar-refractivity contribution in [3.05, 3.63) is 96.2 Å². The van der Waals surface area contributed by atoms with Crippen LogP contribution >= 0.6 is 11.3 Å². The van der Waals surface area contributed by atoms with Crippen molar-refractivity contribution in [2.45, 2.75) is 33.7 Å². The highest BCUT2D eigenvalue weighted by Crippen LogP contribution is 2.35. The van der Waals surface area contributed by atoms with Gasteiger partial charge in [-0.1, -0.05) is 41.7 Å². The van der Waals surface area contributed by atoms with Gasteiger partial charge in [-0.05, 0) is 57.5 Å². The number of esters is 2. The van der Waals surface area contributed by atoms with Crippen LogP contribution in [0.3, 0.4) is 0 Å². The van der Waals surface area contributed by atoms with Crippen LogP contribution in [0.2, 0.25) is 0 Å². The molecule has 0 spiro atoms. The molecule has 0 amide bonds. The molecule has 1 aromatic heterocycles. The summed E-state index contributed by atoms with van der Waals surface area (Å²) in [5.74, 6) is -0.345. The van der Waals surface area contributed by atoms with Gasteiger partial charge in [0.2, 0.25) is 0 Å². The maximum Gasteiger partial charge on any atom is 0.338 e. The number of carbonyl (C=O) groups is 2. The molecule has 2 aromatic carbocycles. The van der Waals surface area contributed by atoms with Crippen LogP contribution in [0.1, 0.15) is 55.2 Å². The Labute approximate surface area is 218 Å². The van der Waals surface area contributed by atoms with Crippen molar-refractivity contribution >= 4 is 29.4 Å². The largest absolute Gasteiger partial charge is 0.494 e. The molecule has 0 bridgehead atoms. The van der Waals surface area contributed by atoms with Gasteiger partial charge in [0.25, 0.3) is 5.56 Å². The molecule has 2 heterocycles. The third-order valence-corrected chi connectivity index (χ3v) is 6.73. The number of allylic oxidation sites excluding steroid dienone is 1. The van der Waals surface area contributed by atoms with Gasteiger partial charge < -0.3 is 14.2 Å². The van der Waals surface area contributed by atoms with Gasteiger partial charge in [-0.15, -0.1) is 0 Å². The van der Waals surface area contributed by atoms with Crippen molar-refractivity contribution in [1.29, 1.82) is 0 Å². The predicted molar refractivity (Wildman–Crippen MR) is 140 cm³/mol. The van der Waals surface area contributed by atoms with Crippen LogP contribution in [0.5, 0.6) is 5.75 Å². The van der Waals surface area contributed by atoms with Crippen molar-refractivity contribution in [3.63, 3.8) is 0 Å². The van der Waals surface area contributed by atoms with Crippen LogP contribution in [-0.4, -0.2) is 36.3 Å². The fourth-order valence-electron chi connectivity index (χ4n) is 4.16. The number of thiazole rings is 1. The molecule has 0 N–H and O–H groups in total. The second-order valence-corrected chi connectivity index (χ2v) is 9.12. The molecule has 4 rings (SSSR count). The molecule has 0 unspecified atom stereocenters. The zero-order valence-corrected chi connectivity index (χ0v) is 22.0. The molecule has 0 aliphatic carbocycles. The number of carbonyl (C=O) groups excluding carboxylic acids is 2. The van der Waals surface area contributed by atoms with Crippen molar-refractivity contribution in [3.8, 4) is 5.75 Å². The molecule has 1 aliphatic heterocycles. The summed E-state index contributed by atoms with van der Waals surface area (Å²) < 4.78 is 18.2. The topological polar surface area (TPSA) is 96.2 Å². The number of hydrogen-bond acceptors (Lipinski definition) is 8. The molecule has 8 nitrogen and oxygen atoms in total. The number of nitrogens with zero attached hydrogens (tertiary/aromatic N) is 2. The molecule has 3 aromatic rings. The number of aromatic nitrogens is 1. The molecule has 1 aliphatic rings. The molecule has 192 valence electrons. The quantitative estimate of drug-likeness (QED) is 0.423. The number of para-hydroxylation sites is 1. The molecule has 9 heteroatoms. The van der Waals surface area contributed by atoms with E-state index in [0.717, 1.165) is 5.56 Å². The first-order valence-electron chi connectivity index (χ1n) is 12.1. The summed E-state index contributed by atoms with van der Waals surface area (Å²) in [5.41, 5.74) is 2.35. The summed E-state index contributed by atoms with van der Waals surface area (Å²) in [6.45, 7) is 8.03. The third-order valence-electron chi connectivity index (χ3n) is 5.75. The molecule has 0 fully saturated rings. The Balaban J connectivity index is 1.88. The first kappa shape index (κ1) is 26.1. The Morgan fingerprint density at radius 2 is 1.65 bits per heavy atom. The summed E-state index contributed by atoms with van der Waals surface area (Å²) in [5, 5.41) is 0. The fraction of sp³-hybridized carbons (Fsp3) is 0.286. The lowest BCUT2D eigenvalue weighted by Gasteiger charge is -2.26. The zero-order chi connectivity index (χ0) is 26.5. The van der Waals surface area contributed by atoms with E-state index in [2.05, 4.69) is 4.99 Å². The first-order chi connectivity index (χ1) is 17.9. The minimum absolute atomic E-state index is 0.196. The average Bonchev–Trinajstić information content (AvgIpc) is 3.18. The molecule has 0 saturated heterocycles. The summed E-state index contributed by atoms with van der Waals surface area (Å²) in [4.78, 5) is 43.9. The number of benzene rings is 2. The minimum Gasteiger partial charge on any atom is -0.494 e. The average molecular weight is 521 g/mol. The second kappa shape index (κ2) is 11.4. The van der Waals surface area contributed by atoms with E-state index in [1.807, 2.05) is 31.2 Å². The SMILES string of the molecule is CCOC(=O)C1=C(C)N=c2s/c(=C\c3ccc(C(=O)OCC)cc3)c(=O)n2[C@H]1c1ccccc1OCC. The summed E-state index contributed by atoms with van der Waals surface area (Å²) >= 11 is 1.23. The first-order valence-corrected chi connectivity index (χ1v) is 12.9. The van der Waals surface area contributed by atoms with Gasteiger partial charge in [0.05, 0.1) is 41.2 Å². The van der Waals surface area contributed by atoms with Crippen LogP contribution in [0.4, 0.5) is 0 Å². The lowest BCUT2D eigenvalue weighted by Crippen LogP contribution is -2.40. The van der Waals surface area contributed by atoms with Crippen molar-refractivity contribution in [1.82, 2.24) is 4.57 Å². The Morgan fingerprint density at radius 1 is 0.973 bits per heavy atom. The Hall–Kier alpha value is -3.98. The van der Waals surface area contributed by atoms with E-state index in [9.17, 15) is 14.4 Å². The van der Waals surface area contributed by atoms with Crippen LogP contribution < -0.4 is 19.6 Å². The summed E-state index contributed by atoms with van der Waals surface area (Å²) in [6, 6.07) is 13.4. The maximum absolute atomic E-state index is 13.8. The van der Waals surface area contributed by atoms with Gasteiger partial charge in [0.1, 0.15) is 11.8 Å². The van der Waals surface area contributed by atoms with Gasteiger partial charge in [-0.2, -0.15) is 0 Å². The van der Waals surface area contributed by atoms with E-state index in [4.69, 9.17) is 14.2 Å². The van der Waals surface area contributed by atoms with Crippen LogP contribution in [0, 0.1) is 0 Å². The van der Waals surface area contributed by atoms with E-state index in [1.165, 1.54) is 15.9 Å². The summed E-state index contributed by atoms with van der Waals surface area (Å²) in [7, 11) is 0. The zero-order valence-electron chi connectivity index (χ0n) is 21.1. The normalized spacial score (nSPS) is 15.1. The highest BCUT2D eigenvalue weighted by atomic mass is 32.1. The molecular formula is C28H28N2O6S. The smallest absolute Gasteiger partial charge is 0.338 e. The van der Waals surface area contributed by atoms with E-state index in [1.54, 1.807) is 51.1 Å². The van der Waals surface area contributed by atoms with Crippen LogP contribution in [-0.2, 0) is 14.3 Å². The van der Waals surface area contributed by atoms with Crippen LogP contribution in [0.15, 0.2) is 69.6 Å². The number of hydrogen-bond donors (Lipinski definition) is 0. The highest BCUT2D eigenvalue weighted by Gasteiger charge is 2.35.